The number of aryl methyl sites for hydroxylation is 1. The van der Waals surface area contributed by atoms with E-state index in [9.17, 15) is 4.79 Å². The number of aromatic amines is 1. The maximum absolute atomic E-state index is 12.9. The minimum atomic E-state index is -0.213. The maximum atomic E-state index is 12.9. The fourth-order valence-corrected chi connectivity index (χ4v) is 3.96. The second-order valence-electron chi connectivity index (χ2n) is 7.68. The first-order valence-electron chi connectivity index (χ1n) is 10.5. The fraction of sp³-hybridized carbons (Fsp3) is 0.154. The Morgan fingerprint density at radius 2 is 1.84 bits per heavy atom. The molecule has 3 N–H and O–H groups in total. The van der Waals surface area contributed by atoms with Crippen molar-refractivity contribution in [1.29, 1.82) is 0 Å². The summed E-state index contributed by atoms with van der Waals surface area (Å²) in [5.41, 5.74) is 6.09. The Bertz CT molecular complexity index is 1290. The fourth-order valence-electron chi connectivity index (χ4n) is 3.56. The lowest BCUT2D eigenvalue weighted by Crippen LogP contribution is -2.36. The van der Waals surface area contributed by atoms with Gasteiger partial charge in [0.15, 0.2) is 0 Å². The van der Waals surface area contributed by atoms with Crippen molar-refractivity contribution in [1.82, 2.24) is 10.3 Å². The molecule has 0 atom stereocenters. The predicted octanol–water partition coefficient (Wildman–Crippen LogP) is 5.99. The third-order valence-corrected chi connectivity index (χ3v) is 6.00. The molecule has 5 nitrogen and oxygen atoms in total. The molecule has 0 aliphatic carbocycles. The summed E-state index contributed by atoms with van der Waals surface area (Å²) in [5.74, 6) is 0.221. The van der Waals surface area contributed by atoms with Crippen LogP contribution in [0, 0.1) is 13.8 Å². The van der Waals surface area contributed by atoms with Gasteiger partial charge in [0.25, 0.3) is 5.91 Å². The van der Waals surface area contributed by atoms with Gasteiger partial charge in [0, 0.05) is 39.4 Å². The molecular weight excluding hydrogens is 464 g/mol. The summed E-state index contributed by atoms with van der Waals surface area (Å²) in [4.78, 5) is 20.9. The normalized spacial score (nSPS) is 11.5. The molecule has 0 aliphatic heterocycles. The van der Waals surface area contributed by atoms with Gasteiger partial charge in [-0.05, 0) is 67.3 Å². The number of nitrogens with one attached hydrogen (secondary N) is 3. The summed E-state index contributed by atoms with van der Waals surface area (Å²) < 4.78 is 0.852. The molecule has 0 unspecified atom stereocenters. The number of carbonyl (C=O) groups excluding carboxylic acids is 1. The number of para-hydroxylation sites is 1. The minimum Gasteiger partial charge on any atom is -0.361 e. The molecular formula is C26H25BrN4O. The summed E-state index contributed by atoms with van der Waals surface area (Å²) in [6.07, 6.45) is 2.78. The zero-order valence-electron chi connectivity index (χ0n) is 18.1. The van der Waals surface area contributed by atoms with Gasteiger partial charge in [-0.25, -0.2) is 0 Å². The number of fused-ring (bicyclic) bond motifs is 1. The van der Waals surface area contributed by atoms with Crippen molar-refractivity contribution in [2.75, 3.05) is 11.9 Å². The van der Waals surface area contributed by atoms with Gasteiger partial charge < -0.3 is 10.3 Å². The van der Waals surface area contributed by atoms with E-state index in [4.69, 9.17) is 4.99 Å². The number of benzene rings is 3. The number of halogens is 1. The van der Waals surface area contributed by atoms with Crippen molar-refractivity contribution in [3.63, 3.8) is 0 Å². The van der Waals surface area contributed by atoms with Crippen molar-refractivity contribution < 1.29 is 4.79 Å². The van der Waals surface area contributed by atoms with Crippen molar-refractivity contribution in [2.45, 2.75) is 20.3 Å². The Balaban J connectivity index is 1.55. The molecule has 32 heavy (non-hydrogen) atoms. The van der Waals surface area contributed by atoms with Crippen LogP contribution in [0.3, 0.4) is 0 Å². The number of hydrogen-bond donors (Lipinski definition) is 3. The number of aromatic nitrogens is 1. The Kier molecular flexibility index (Phi) is 6.71. The van der Waals surface area contributed by atoms with Gasteiger partial charge in [0.1, 0.15) is 0 Å². The number of hydrogen-bond acceptors (Lipinski definition) is 2. The van der Waals surface area contributed by atoms with Gasteiger partial charge in [-0.15, -0.1) is 0 Å². The van der Waals surface area contributed by atoms with Crippen molar-refractivity contribution >= 4 is 44.4 Å². The van der Waals surface area contributed by atoms with E-state index in [0.717, 1.165) is 27.7 Å². The van der Waals surface area contributed by atoms with E-state index in [0.29, 0.717) is 18.1 Å². The lowest BCUT2D eigenvalue weighted by Gasteiger charge is -2.15. The van der Waals surface area contributed by atoms with E-state index >= 15 is 0 Å². The molecule has 0 aliphatic rings. The standard InChI is InChI=1S/C26H25BrN4O/c1-17-7-5-12-23(18(17)2)30-26(31-25(32)19-8-6-9-21(27)15-19)28-14-13-20-16-29-24-11-4-3-10-22(20)24/h3-12,15-16,29H,13-14H2,1-2H3,(H2,28,30,31,32). The highest BCUT2D eigenvalue weighted by molar-refractivity contribution is 9.10. The molecule has 1 aromatic heterocycles. The Morgan fingerprint density at radius 1 is 1.03 bits per heavy atom. The van der Waals surface area contributed by atoms with Crippen LogP contribution in [0.25, 0.3) is 10.9 Å². The van der Waals surface area contributed by atoms with Crippen molar-refractivity contribution in [2.24, 2.45) is 4.99 Å². The van der Waals surface area contributed by atoms with Crippen LogP contribution in [0.4, 0.5) is 5.69 Å². The van der Waals surface area contributed by atoms with Crippen LogP contribution < -0.4 is 10.6 Å². The number of anilines is 1. The molecule has 0 spiro atoms. The van der Waals surface area contributed by atoms with Crippen molar-refractivity contribution in [3.8, 4) is 0 Å². The molecule has 6 heteroatoms. The quantitative estimate of drug-likeness (QED) is 0.238. The largest absolute Gasteiger partial charge is 0.361 e. The number of carbonyl (C=O) groups is 1. The molecule has 0 radical (unpaired) electrons. The average molecular weight is 489 g/mol. The third-order valence-electron chi connectivity index (χ3n) is 5.50. The Labute approximate surface area is 196 Å². The second-order valence-corrected chi connectivity index (χ2v) is 8.59. The molecule has 1 amide bonds. The Hall–Kier alpha value is -3.38. The van der Waals surface area contributed by atoms with Gasteiger partial charge in [-0.3, -0.25) is 15.1 Å². The van der Waals surface area contributed by atoms with Gasteiger partial charge in [-0.1, -0.05) is 52.3 Å². The third kappa shape index (κ3) is 5.08. The van der Waals surface area contributed by atoms with Crippen LogP contribution >= 0.6 is 15.9 Å². The predicted molar refractivity (Wildman–Crippen MR) is 135 cm³/mol. The van der Waals surface area contributed by atoms with E-state index in [1.807, 2.05) is 42.6 Å². The highest BCUT2D eigenvalue weighted by Crippen LogP contribution is 2.19. The molecule has 162 valence electrons. The zero-order chi connectivity index (χ0) is 22.5. The molecule has 1 heterocycles. The van der Waals surface area contributed by atoms with Crippen LogP contribution in [-0.2, 0) is 6.42 Å². The average Bonchev–Trinajstić information content (AvgIpc) is 3.20. The maximum Gasteiger partial charge on any atom is 0.257 e. The van der Waals surface area contributed by atoms with Gasteiger partial charge >= 0.3 is 0 Å². The number of guanidine groups is 1. The summed E-state index contributed by atoms with van der Waals surface area (Å²) in [7, 11) is 0. The minimum absolute atomic E-state index is 0.213. The lowest BCUT2D eigenvalue weighted by molar-refractivity contribution is 0.0977. The molecule has 0 saturated heterocycles. The number of amides is 1. The number of H-pyrrole nitrogens is 1. The summed E-state index contributed by atoms with van der Waals surface area (Å²) in [6, 6.07) is 21.6. The van der Waals surface area contributed by atoms with E-state index in [2.05, 4.69) is 63.6 Å². The molecule has 0 fully saturated rings. The summed E-state index contributed by atoms with van der Waals surface area (Å²) >= 11 is 3.42. The SMILES string of the molecule is Cc1cccc(NC(=NCCc2c[nH]c3ccccc23)NC(=O)c2cccc(Br)c2)c1C. The first kappa shape index (κ1) is 21.8. The molecule has 0 bridgehead atoms. The first-order valence-corrected chi connectivity index (χ1v) is 11.3. The summed E-state index contributed by atoms with van der Waals surface area (Å²) in [6.45, 7) is 4.65. The van der Waals surface area contributed by atoms with Crippen LogP contribution in [-0.4, -0.2) is 23.4 Å². The highest BCUT2D eigenvalue weighted by atomic mass is 79.9. The monoisotopic (exact) mass is 488 g/mol. The van der Waals surface area contributed by atoms with Gasteiger partial charge in [0.05, 0.1) is 0 Å². The Morgan fingerprint density at radius 3 is 2.69 bits per heavy atom. The van der Waals surface area contributed by atoms with Gasteiger partial charge in [-0.2, -0.15) is 0 Å². The van der Waals surface area contributed by atoms with Crippen molar-refractivity contribution in [3.05, 3.63) is 99.7 Å². The van der Waals surface area contributed by atoms with Crippen LogP contribution in [0.2, 0.25) is 0 Å². The van der Waals surface area contributed by atoms with Crippen LogP contribution in [0.5, 0.6) is 0 Å². The molecule has 4 rings (SSSR count). The first-order chi connectivity index (χ1) is 15.5. The van der Waals surface area contributed by atoms with E-state index < -0.39 is 0 Å². The molecule has 4 aromatic rings. The van der Waals surface area contributed by atoms with E-state index in [1.54, 1.807) is 12.1 Å². The number of nitrogens with zero attached hydrogens (tertiary/aromatic N) is 1. The topological polar surface area (TPSA) is 69.3 Å². The van der Waals surface area contributed by atoms with Crippen LogP contribution in [0.15, 0.2) is 82.4 Å². The smallest absolute Gasteiger partial charge is 0.257 e. The highest BCUT2D eigenvalue weighted by Gasteiger charge is 2.11. The molecule has 0 saturated carbocycles. The summed E-state index contributed by atoms with van der Waals surface area (Å²) in [5, 5.41) is 7.46. The van der Waals surface area contributed by atoms with Gasteiger partial charge in [0.2, 0.25) is 5.96 Å². The van der Waals surface area contributed by atoms with E-state index in [1.165, 1.54) is 16.5 Å². The number of rotatable bonds is 5. The lowest BCUT2D eigenvalue weighted by atomic mass is 10.1. The van der Waals surface area contributed by atoms with Crippen LogP contribution in [0.1, 0.15) is 27.0 Å². The zero-order valence-corrected chi connectivity index (χ0v) is 19.7. The molecule has 3 aromatic carbocycles. The van der Waals surface area contributed by atoms with E-state index in [-0.39, 0.29) is 5.91 Å². The number of aliphatic imine (C=N–C) groups is 1. The second kappa shape index (κ2) is 9.83.